The van der Waals surface area contributed by atoms with Crippen LogP contribution in [-0.2, 0) is 17.5 Å². The molecule has 2 heterocycles. The van der Waals surface area contributed by atoms with Gasteiger partial charge in [0.15, 0.2) is 11.5 Å². The highest BCUT2D eigenvalue weighted by Gasteiger charge is 2.40. The largest absolute Gasteiger partial charge is 0.417 e. The summed E-state index contributed by atoms with van der Waals surface area (Å²) < 4.78 is 39.8. The Morgan fingerprint density at radius 3 is 2.76 bits per heavy atom. The van der Waals surface area contributed by atoms with Crippen LogP contribution in [0.25, 0.3) is 5.65 Å². The Morgan fingerprint density at radius 1 is 1.24 bits per heavy atom. The van der Waals surface area contributed by atoms with Crippen LogP contribution in [0, 0.1) is 17.8 Å². The average Bonchev–Trinajstić information content (AvgIpc) is 3.26. The maximum absolute atomic E-state index is 12.8. The molecule has 1 amide bonds. The van der Waals surface area contributed by atoms with Crippen molar-refractivity contribution in [1.29, 1.82) is 0 Å². The molecule has 0 saturated heterocycles. The fourth-order valence-electron chi connectivity index (χ4n) is 4.34. The number of hydrogen-bond donors (Lipinski definition) is 1. The van der Waals surface area contributed by atoms with E-state index in [9.17, 15) is 18.0 Å². The van der Waals surface area contributed by atoms with Gasteiger partial charge in [0.05, 0.1) is 12.1 Å². The topological polar surface area (TPSA) is 59.3 Å². The van der Waals surface area contributed by atoms with Crippen LogP contribution in [0.15, 0.2) is 18.3 Å². The molecule has 5 nitrogen and oxygen atoms in total. The van der Waals surface area contributed by atoms with Crippen LogP contribution >= 0.6 is 0 Å². The molecule has 2 fully saturated rings. The van der Waals surface area contributed by atoms with Gasteiger partial charge in [-0.1, -0.05) is 6.42 Å². The molecular weight excluding hydrogens is 333 g/mol. The zero-order valence-electron chi connectivity index (χ0n) is 13.6. The van der Waals surface area contributed by atoms with Crippen LogP contribution in [0.1, 0.15) is 43.5 Å². The Labute approximate surface area is 142 Å². The molecule has 0 aromatic carbocycles. The zero-order chi connectivity index (χ0) is 17.6. The normalized spacial score (nSPS) is 25.6. The minimum Gasteiger partial charge on any atom is -0.349 e. The molecule has 8 heteroatoms. The lowest BCUT2D eigenvalue weighted by Crippen LogP contribution is -2.27. The molecule has 2 aromatic rings. The standard InChI is InChI=1S/C17H19F3N4O/c18-17(19,20)13-3-4-14-22-23-15(24(14)9-13)8-21-16(25)7-12-6-10-1-2-11(12)5-10/h3-4,9-12H,1-2,5-8H2,(H,21,25). The minimum atomic E-state index is -4.43. The van der Waals surface area contributed by atoms with Crippen molar-refractivity contribution >= 4 is 11.6 Å². The molecule has 2 bridgehead atoms. The van der Waals surface area contributed by atoms with Gasteiger partial charge in [-0.15, -0.1) is 10.2 Å². The van der Waals surface area contributed by atoms with Gasteiger partial charge in [-0.2, -0.15) is 13.2 Å². The number of hydrogen-bond acceptors (Lipinski definition) is 3. The molecule has 1 N–H and O–H groups in total. The van der Waals surface area contributed by atoms with E-state index in [4.69, 9.17) is 0 Å². The van der Waals surface area contributed by atoms with Crippen LogP contribution in [0.2, 0.25) is 0 Å². The van der Waals surface area contributed by atoms with Gasteiger partial charge in [0.1, 0.15) is 0 Å². The van der Waals surface area contributed by atoms with E-state index in [1.54, 1.807) is 0 Å². The van der Waals surface area contributed by atoms with Crippen molar-refractivity contribution in [3.63, 3.8) is 0 Å². The van der Waals surface area contributed by atoms with Crippen molar-refractivity contribution in [3.05, 3.63) is 29.7 Å². The summed E-state index contributed by atoms with van der Waals surface area (Å²) in [5, 5.41) is 10.5. The third kappa shape index (κ3) is 3.21. The summed E-state index contributed by atoms with van der Waals surface area (Å²) in [4.78, 5) is 12.2. The first kappa shape index (κ1) is 16.4. The predicted molar refractivity (Wildman–Crippen MR) is 83.4 cm³/mol. The highest BCUT2D eigenvalue weighted by molar-refractivity contribution is 5.76. The monoisotopic (exact) mass is 352 g/mol. The fraction of sp³-hybridized carbons (Fsp3) is 0.588. The lowest BCUT2D eigenvalue weighted by atomic mass is 9.86. The number of amides is 1. The Balaban J connectivity index is 1.41. The van der Waals surface area contributed by atoms with Crippen LogP contribution in [-0.4, -0.2) is 20.5 Å². The van der Waals surface area contributed by atoms with Crippen molar-refractivity contribution in [2.24, 2.45) is 17.8 Å². The molecular formula is C17H19F3N4O. The van der Waals surface area contributed by atoms with Crippen molar-refractivity contribution in [2.75, 3.05) is 0 Å². The molecule has 25 heavy (non-hydrogen) atoms. The summed E-state index contributed by atoms with van der Waals surface area (Å²) in [7, 11) is 0. The lowest BCUT2D eigenvalue weighted by Gasteiger charge is -2.20. The first-order valence-electron chi connectivity index (χ1n) is 8.57. The van der Waals surface area contributed by atoms with Crippen molar-refractivity contribution in [1.82, 2.24) is 19.9 Å². The Bertz CT molecular complexity index is 801. The molecule has 3 unspecified atom stereocenters. The van der Waals surface area contributed by atoms with Gasteiger partial charge in [0.25, 0.3) is 0 Å². The quantitative estimate of drug-likeness (QED) is 0.919. The van der Waals surface area contributed by atoms with Crippen molar-refractivity contribution in [2.45, 2.75) is 44.8 Å². The number of rotatable bonds is 4. The minimum absolute atomic E-state index is 0.0683. The zero-order valence-corrected chi connectivity index (χ0v) is 13.6. The van der Waals surface area contributed by atoms with Crippen LogP contribution < -0.4 is 5.32 Å². The van der Waals surface area contributed by atoms with E-state index in [-0.39, 0.29) is 12.5 Å². The van der Waals surface area contributed by atoms with Gasteiger partial charge in [0, 0.05) is 12.6 Å². The number of nitrogens with zero attached hydrogens (tertiary/aromatic N) is 3. The number of carbonyl (C=O) groups is 1. The number of fused-ring (bicyclic) bond motifs is 3. The van der Waals surface area contributed by atoms with E-state index < -0.39 is 11.7 Å². The van der Waals surface area contributed by atoms with Crippen LogP contribution in [0.5, 0.6) is 0 Å². The van der Waals surface area contributed by atoms with E-state index in [0.29, 0.717) is 29.7 Å². The third-order valence-corrected chi connectivity index (χ3v) is 5.58. The molecule has 0 radical (unpaired) electrons. The van der Waals surface area contributed by atoms with Crippen LogP contribution in [0.4, 0.5) is 13.2 Å². The summed E-state index contributed by atoms with van der Waals surface area (Å²) in [5.74, 6) is 2.12. The summed E-state index contributed by atoms with van der Waals surface area (Å²) in [6, 6.07) is 2.25. The average molecular weight is 352 g/mol. The molecule has 2 saturated carbocycles. The molecule has 0 aliphatic heterocycles. The number of halogens is 3. The Morgan fingerprint density at radius 2 is 2.08 bits per heavy atom. The van der Waals surface area contributed by atoms with Gasteiger partial charge < -0.3 is 5.32 Å². The number of alkyl halides is 3. The summed E-state index contributed by atoms with van der Waals surface area (Å²) >= 11 is 0. The van der Waals surface area contributed by atoms with E-state index in [1.165, 1.54) is 29.7 Å². The first-order valence-corrected chi connectivity index (χ1v) is 8.57. The van der Waals surface area contributed by atoms with Crippen LogP contribution in [0.3, 0.4) is 0 Å². The number of nitrogens with one attached hydrogen (secondary N) is 1. The van der Waals surface area contributed by atoms with E-state index in [1.807, 2.05) is 0 Å². The molecule has 2 aliphatic rings. The predicted octanol–water partition coefficient (Wildman–Crippen LogP) is 3.19. The Hall–Kier alpha value is -2.12. The molecule has 3 atom stereocenters. The lowest BCUT2D eigenvalue weighted by molar-refractivity contribution is -0.137. The summed E-state index contributed by atoms with van der Waals surface area (Å²) in [6.45, 7) is 0.0716. The smallest absolute Gasteiger partial charge is 0.349 e. The van der Waals surface area contributed by atoms with Crippen molar-refractivity contribution in [3.8, 4) is 0 Å². The molecule has 134 valence electrons. The number of aromatic nitrogens is 3. The molecule has 2 aromatic heterocycles. The second kappa shape index (κ2) is 6.00. The SMILES string of the molecule is O=C(CC1CC2CCC1C2)NCc1nnc2ccc(C(F)(F)F)cn12. The van der Waals surface area contributed by atoms with Gasteiger partial charge in [-0.25, -0.2) is 0 Å². The molecule has 0 spiro atoms. The fourth-order valence-corrected chi connectivity index (χ4v) is 4.34. The third-order valence-electron chi connectivity index (χ3n) is 5.58. The van der Waals surface area contributed by atoms with Crippen molar-refractivity contribution < 1.29 is 18.0 Å². The van der Waals surface area contributed by atoms with Gasteiger partial charge >= 0.3 is 6.18 Å². The summed E-state index contributed by atoms with van der Waals surface area (Å²) in [5.41, 5.74) is -0.445. The second-order valence-corrected chi connectivity index (χ2v) is 7.18. The van der Waals surface area contributed by atoms with E-state index in [0.717, 1.165) is 24.6 Å². The highest BCUT2D eigenvalue weighted by atomic mass is 19.4. The molecule has 4 rings (SSSR count). The van der Waals surface area contributed by atoms with Gasteiger partial charge in [-0.3, -0.25) is 9.20 Å². The van der Waals surface area contributed by atoms with Gasteiger partial charge in [0.2, 0.25) is 5.91 Å². The first-order chi connectivity index (χ1) is 11.9. The maximum atomic E-state index is 12.8. The highest BCUT2D eigenvalue weighted by Crippen LogP contribution is 2.49. The van der Waals surface area contributed by atoms with E-state index >= 15 is 0 Å². The maximum Gasteiger partial charge on any atom is 0.417 e. The second-order valence-electron chi connectivity index (χ2n) is 7.18. The Kier molecular flexibility index (Phi) is 3.92. The summed E-state index contributed by atoms with van der Waals surface area (Å²) in [6.07, 6.45) is 1.90. The number of pyridine rings is 1. The van der Waals surface area contributed by atoms with Gasteiger partial charge in [-0.05, 0) is 49.1 Å². The molecule has 2 aliphatic carbocycles. The number of carbonyl (C=O) groups excluding carboxylic acids is 1. The van der Waals surface area contributed by atoms with E-state index in [2.05, 4.69) is 15.5 Å².